The van der Waals surface area contributed by atoms with Gasteiger partial charge in [-0.25, -0.2) is 5.43 Å². The second kappa shape index (κ2) is 6.36. The number of hydrazone groups is 1. The van der Waals surface area contributed by atoms with E-state index >= 15 is 0 Å². The predicted octanol–water partition coefficient (Wildman–Crippen LogP) is 2.53. The Kier molecular flexibility index (Phi) is 4.53. The molecule has 0 heterocycles. The van der Waals surface area contributed by atoms with E-state index in [2.05, 4.69) is 10.5 Å². The number of aromatic hydroxyl groups is 3. The maximum absolute atomic E-state index is 11.8. The molecule has 0 atom stereocenters. The number of rotatable bonds is 3. The van der Waals surface area contributed by atoms with Crippen molar-refractivity contribution < 1.29 is 20.1 Å². The molecule has 0 saturated heterocycles. The molecular weight excluding hydrogens is 308 g/mol. The van der Waals surface area contributed by atoms with Crippen LogP contribution in [-0.2, 0) is 0 Å². The molecule has 0 aliphatic heterocycles. The Labute approximate surface area is 131 Å². The SMILES string of the molecule is Cc1ccc(/C=N/NC(=O)c2cc(O)c(O)c(O)c2)cc1Cl. The zero-order valence-electron chi connectivity index (χ0n) is 11.5. The van der Waals surface area contributed by atoms with Crippen molar-refractivity contribution in [2.45, 2.75) is 6.92 Å². The molecule has 22 heavy (non-hydrogen) atoms. The topological polar surface area (TPSA) is 102 Å². The quantitative estimate of drug-likeness (QED) is 0.396. The van der Waals surface area contributed by atoms with Gasteiger partial charge < -0.3 is 15.3 Å². The summed E-state index contributed by atoms with van der Waals surface area (Å²) in [6.07, 6.45) is 1.41. The first-order valence-corrected chi connectivity index (χ1v) is 6.61. The minimum Gasteiger partial charge on any atom is -0.504 e. The van der Waals surface area contributed by atoms with Crippen LogP contribution in [0.4, 0.5) is 0 Å². The molecule has 4 N–H and O–H groups in total. The molecule has 0 aliphatic carbocycles. The molecular formula is C15H13ClN2O4. The summed E-state index contributed by atoms with van der Waals surface area (Å²) in [5.74, 6) is -2.53. The summed E-state index contributed by atoms with van der Waals surface area (Å²) < 4.78 is 0. The number of carbonyl (C=O) groups excluding carboxylic acids is 1. The number of amides is 1. The lowest BCUT2D eigenvalue weighted by atomic mass is 10.1. The Morgan fingerprint density at radius 2 is 1.82 bits per heavy atom. The Bertz CT molecular complexity index is 736. The summed E-state index contributed by atoms with van der Waals surface area (Å²) in [5.41, 5.74) is 3.82. The van der Waals surface area contributed by atoms with Gasteiger partial charge in [0.25, 0.3) is 5.91 Å². The molecule has 1 amide bonds. The second-order valence-corrected chi connectivity index (χ2v) is 4.98. The summed E-state index contributed by atoms with van der Waals surface area (Å²) in [4.78, 5) is 11.8. The van der Waals surface area contributed by atoms with E-state index in [1.54, 1.807) is 12.1 Å². The molecule has 7 heteroatoms. The average Bonchev–Trinajstić information content (AvgIpc) is 2.47. The lowest BCUT2D eigenvalue weighted by molar-refractivity contribution is 0.0954. The van der Waals surface area contributed by atoms with Gasteiger partial charge in [-0.1, -0.05) is 23.7 Å². The van der Waals surface area contributed by atoms with E-state index < -0.39 is 23.2 Å². The van der Waals surface area contributed by atoms with Gasteiger partial charge in [-0.2, -0.15) is 5.10 Å². The van der Waals surface area contributed by atoms with Crippen LogP contribution in [0.25, 0.3) is 0 Å². The highest BCUT2D eigenvalue weighted by atomic mass is 35.5. The largest absolute Gasteiger partial charge is 0.504 e. The zero-order chi connectivity index (χ0) is 16.3. The Balaban J connectivity index is 2.09. The van der Waals surface area contributed by atoms with Gasteiger partial charge in [0.05, 0.1) is 6.21 Å². The van der Waals surface area contributed by atoms with E-state index in [1.807, 2.05) is 13.0 Å². The van der Waals surface area contributed by atoms with Gasteiger partial charge in [-0.15, -0.1) is 0 Å². The number of hydrogen-bond acceptors (Lipinski definition) is 5. The molecule has 0 bridgehead atoms. The van der Waals surface area contributed by atoms with E-state index in [-0.39, 0.29) is 5.56 Å². The highest BCUT2D eigenvalue weighted by Gasteiger charge is 2.12. The standard InChI is InChI=1S/C15H13ClN2O4/c1-8-2-3-9(4-11(8)16)7-17-18-15(22)10-5-12(19)14(21)13(20)6-10/h2-7,19-21H,1H3,(H,18,22)/b17-7+. The van der Waals surface area contributed by atoms with Crippen molar-refractivity contribution in [3.05, 3.63) is 52.0 Å². The first-order valence-electron chi connectivity index (χ1n) is 6.23. The molecule has 2 aromatic carbocycles. The number of nitrogens with one attached hydrogen (secondary N) is 1. The normalized spacial score (nSPS) is 10.8. The number of benzene rings is 2. The van der Waals surface area contributed by atoms with E-state index in [0.29, 0.717) is 10.6 Å². The third-order valence-electron chi connectivity index (χ3n) is 2.91. The minimum atomic E-state index is -0.686. The van der Waals surface area contributed by atoms with Crippen molar-refractivity contribution in [1.29, 1.82) is 0 Å². The molecule has 0 aliphatic rings. The van der Waals surface area contributed by atoms with Crippen molar-refractivity contribution in [3.63, 3.8) is 0 Å². The van der Waals surface area contributed by atoms with Crippen LogP contribution in [0.5, 0.6) is 17.2 Å². The Morgan fingerprint density at radius 3 is 2.41 bits per heavy atom. The van der Waals surface area contributed by atoms with Crippen molar-refractivity contribution >= 4 is 23.7 Å². The number of nitrogens with zero attached hydrogens (tertiary/aromatic N) is 1. The maximum Gasteiger partial charge on any atom is 0.271 e. The van der Waals surface area contributed by atoms with Crippen LogP contribution in [0.15, 0.2) is 35.4 Å². The summed E-state index contributed by atoms with van der Waals surface area (Å²) in [6, 6.07) is 7.34. The van der Waals surface area contributed by atoms with Gasteiger partial charge in [-0.05, 0) is 36.2 Å². The molecule has 0 spiro atoms. The van der Waals surface area contributed by atoms with Crippen molar-refractivity contribution in [2.75, 3.05) is 0 Å². The second-order valence-electron chi connectivity index (χ2n) is 4.57. The van der Waals surface area contributed by atoms with Crippen LogP contribution in [0.2, 0.25) is 5.02 Å². The molecule has 2 aromatic rings. The van der Waals surface area contributed by atoms with Crippen molar-refractivity contribution in [1.82, 2.24) is 5.43 Å². The van der Waals surface area contributed by atoms with E-state index in [1.165, 1.54) is 6.21 Å². The molecule has 114 valence electrons. The average molecular weight is 321 g/mol. The first kappa shape index (κ1) is 15.7. The lowest BCUT2D eigenvalue weighted by Crippen LogP contribution is -2.17. The van der Waals surface area contributed by atoms with Gasteiger partial charge >= 0.3 is 0 Å². The maximum atomic E-state index is 11.8. The smallest absolute Gasteiger partial charge is 0.271 e. The third-order valence-corrected chi connectivity index (χ3v) is 3.31. The minimum absolute atomic E-state index is 0.0492. The van der Waals surface area contributed by atoms with E-state index in [9.17, 15) is 20.1 Å². The molecule has 0 radical (unpaired) electrons. The van der Waals surface area contributed by atoms with Gasteiger partial charge in [0.1, 0.15) is 0 Å². The van der Waals surface area contributed by atoms with Crippen LogP contribution in [0.1, 0.15) is 21.5 Å². The van der Waals surface area contributed by atoms with Crippen LogP contribution < -0.4 is 5.43 Å². The van der Waals surface area contributed by atoms with Gasteiger partial charge in [0.2, 0.25) is 0 Å². The lowest BCUT2D eigenvalue weighted by Gasteiger charge is -2.04. The van der Waals surface area contributed by atoms with Crippen LogP contribution in [-0.4, -0.2) is 27.4 Å². The number of phenolic OH excluding ortho intramolecular Hbond substituents is 3. The van der Waals surface area contributed by atoms with E-state index in [0.717, 1.165) is 17.7 Å². The summed E-state index contributed by atoms with van der Waals surface area (Å²) in [6.45, 7) is 1.87. The van der Waals surface area contributed by atoms with Crippen molar-refractivity contribution in [3.8, 4) is 17.2 Å². The first-order chi connectivity index (χ1) is 10.4. The molecule has 0 fully saturated rings. The molecule has 2 rings (SSSR count). The predicted molar refractivity (Wildman–Crippen MR) is 82.7 cm³/mol. The highest BCUT2D eigenvalue weighted by Crippen LogP contribution is 2.35. The highest BCUT2D eigenvalue weighted by molar-refractivity contribution is 6.31. The molecule has 0 saturated carbocycles. The number of phenols is 3. The fourth-order valence-corrected chi connectivity index (χ4v) is 1.84. The Morgan fingerprint density at radius 1 is 1.18 bits per heavy atom. The van der Waals surface area contributed by atoms with Gasteiger partial charge in [0, 0.05) is 10.6 Å². The fraction of sp³-hybridized carbons (Fsp3) is 0.0667. The van der Waals surface area contributed by atoms with Crippen LogP contribution in [0.3, 0.4) is 0 Å². The van der Waals surface area contributed by atoms with Crippen molar-refractivity contribution in [2.24, 2.45) is 5.10 Å². The summed E-state index contributed by atoms with van der Waals surface area (Å²) >= 11 is 5.97. The number of carbonyl (C=O) groups is 1. The number of hydrogen-bond donors (Lipinski definition) is 4. The number of halogens is 1. The van der Waals surface area contributed by atoms with E-state index in [4.69, 9.17) is 11.6 Å². The number of aryl methyl sites for hydroxylation is 1. The summed E-state index contributed by atoms with van der Waals surface area (Å²) in [5, 5.41) is 32.3. The fourth-order valence-electron chi connectivity index (χ4n) is 1.65. The van der Waals surface area contributed by atoms with Gasteiger partial charge in [-0.3, -0.25) is 4.79 Å². The molecule has 0 unspecified atom stereocenters. The third kappa shape index (κ3) is 3.48. The Hall–Kier alpha value is -2.73. The van der Waals surface area contributed by atoms with Gasteiger partial charge in [0.15, 0.2) is 17.2 Å². The monoisotopic (exact) mass is 320 g/mol. The zero-order valence-corrected chi connectivity index (χ0v) is 12.3. The van der Waals surface area contributed by atoms with Crippen LogP contribution >= 0.6 is 11.6 Å². The summed E-state index contributed by atoms with van der Waals surface area (Å²) in [7, 11) is 0. The van der Waals surface area contributed by atoms with Crippen LogP contribution in [0, 0.1) is 6.92 Å². The molecule has 6 nitrogen and oxygen atoms in total. The molecule has 0 aromatic heterocycles.